The first kappa shape index (κ1) is 19.2. The summed E-state index contributed by atoms with van der Waals surface area (Å²) in [5, 5.41) is 5.09. The minimum absolute atomic E-state index is 0.105. The summed E-state index contributed by atoms with van der Waals surface area (Å²) in [6.07, 6.45) is 0. The van der Waals surface area contributed by atoms with Crippen molar-refractivity contribution in [2.45, 2.75) is 19.6 Å². The summed E-state index contributed by atoms with van der Waals surface area (Å²) in [6, 6.07) is 11.7. The summed E-state index contributed by atoms with van der Waals surface area (Å²) < 4.78 is 34.2. The largest absolute Gasteiger partial charge is 0.493 e. The number of amides is 2. The highest BCUT2D eigenvalue weighted by molar-refractivity contribution is 6.01. The van der Waals surface area contributed by atoms with E-state index in [1.807, 2.05) is 0 Å². The lowest BCUT2D eigenvalue weighted by Crippen LogP contribution is -2.41. The maximum absolute atomic E-state index is 12.5. The lowest BCUT2D eigenvalue weighted by Gasteiger charge is -2.16. The standard InChI is InChI=1S/C18H18F2N2O4/c1-11(21-17(24)12-6-4-3-5-7-12)16(23)22-13-8-9-14(25-2)15(10-13)26-18(19)20/h3-11,18H,1-2H3,(H,21,24)(H,22,23)/t11-/m1/s1. The maximum Gasteiger partial charge on any atom is 0.387 e. The second kappa shape index (κ2) is 8.80. The number of anilines is 1. The van der Waals surface area contributed by atoms with Gasteiger partial charge in [0, 0.05) is 17.3 Å². The second-order valence-corrected chi connectivity index (χ2v) is 5.29. The van der Waals surface area contributed by atoms with Gasteiger partial charge < -0.3 is 20.1 Å². The summed E-state index contributed by atoms with van der Waals surface area (Å²) in [7, 11) is 1.31. The predicted octanol–water partition coefficient (Wildman–Crippen LogP) is 3.05. The molecule has 2 aromatic carbocycles. The Bertz CT molecular complexity index is 769. The average molecular weight is 364 g/mol. The number of ether oxygens (including phenoxy) is 2. The van der Waals surface area contributed by atoms with E-state index in [4.69, 9.17) is 4.74 Å². The third kappa shape index (κ3) is 5.17. The van der Waals surface area contributed by atoms with Crippen LogP contribution < -0.4 is 20.1 Å². The number of carbonyl (C=O) groups excluding carboxylic acids is 2. The number of nitrogens with one attached hydrogen (secondary N) is 2. The summed E-state index contributed by atoms with van der Waals surface area (Å²) in [6.45, 7) is -1.52. The molecule has 0 bridgehead atoms. The highest BCUT2D eigenvalue weighted by Crippen LogP contribution is 2.31. The van der Waals surface area contributed by atoms with Gasteiger partial charge in [0.2, 0.25) is 5.91 Å². The molecule has 6 nitrogen and oxygen atoms in total. The fourth-order valence-corrected chi connectivity index (χ4v) is 2.13. The molecule has 0 spiro atoms. The third-order valence-corrected chi connectivity index (χ3v) is 3.42. The van der Waals surface area contributed by atoms with Gasteiger partial charge in [-0.1, -0.05) is 18.2 Å². The van der Waals surface area contributed by atoms with Crippen LogP contribution >= 0.6 is 0 Å². The van der Waals surface area contributed by atoms with Crippen molar-refractivity contribution in [2.75, 3.05) is 12.4 Å². The molecule has 0 saturated carbocycles. The van der Waals surface area contributed by atoms with Crippen LogP contribution in [0.3, 0.4) is 0 Å². The highest BCUT2D eigenvalue weighted by atomic mass is 19.3. The topological polar surface area (TPSA) is 76.7 Å². The van der Waals surface area contributed by atoms with E-state index < -0.39 is 24.5 Å². The van der Waals surface area contributed by atoms with Gasteiger partial charge in [-0.3, -0.25) is 9.59 Å². The van der Waals surface area contributed by atoms with Crippen LogP contribution in [0.25, 0.3) is 0 Å². The zero-order chi connectivity index (χ0) is 19.1. The van der Waals surface area contributed by atoms with Crippen LogP contribution in [0, 0.1) is 0 Å². The Kier molecular flexibility index (Phi) is 6.48. The molecule has 0 aromatic heterocycles. The number of rotatable bonds is 7. The zero-order valence-corrected chi connectivity index (χ0v) is 14.2. The molecule has 8 heteroatoms. The van der Waals surface area contributed by atoms with Crippen LogP contribution in [-0.4, -0.2) is 31.6 Å². The summed E-state index contributed by atoms with van der Waals surface area (Å²) in [5.41, 5.74) is 0.650. The first-order chi connectivity index (χ1) is 12.4. The Morgan fingerprint density at radius 1 is 1.04 bits per heavy atom. The molecule has 0 heterocycles. The maximum atomic E-state index is 12.5. The van der Waals surface area contributed by atoms with E-state index in [0.717, 1.165) is 0 Å². The molecule has 0 aliphatic carbocycles. The lowest BCUT2D eigenvalue weighted by molar-refractivity contribution is -0.117. The van der Waals surface area contributed by atoms with Crippen LogP contribution in [0.2, 0.25) is 0 Å². The first-order valence-corrected chi connectivity index (χ1v) is 7.70. The molecule has 0 saturated heterocycles. The molecule has 0 unspecified atom stereocenters. The highest BCUT2D eigenvalue weighted by Gasteiger charge is 2.18. The van der Waals surface area contributed by atoms with Crippen molar-refractivity contribution in [3.05, 3.63) is 54.1 Å². The van der Waals surface area contributed by atoms with Gasteiger partial charge in [-0.25, -0.2) is 0 Å². The van der Waals surface area contributed by atoms with E-state index in [1.54, 1.807) is 30.3 Å². The number of hydrogen-bond donors (Lipinski definition) is 2. The van der Waals surface area contributed by atoms with Crippen LogP contribution in [0.4, 0.5) is 14.5 Å². The van der Waals surface area contributed by atoms with Gasteiger partial charge >= 0.3 is 6.61 Å². The molecule has 0 radical (unpaired) electrons. The van der Waals surface area contributed by atoms with Gasteiger partial charge in [-0.15, -0.1) is 0 Å². The van der Waals surface area contributed by atoms with Gasteiger partial charge in [-0.05, 0) is 31.2 Å². The minimum atomic E-state index is -3.03. The van der Waals surface area contributed by atoms with E-state index in [9.17, 15) is 18.4 Å². The Balaban J connectivity index is 2.03. The Labute approximate surface area is 149 Å². The van der Waals surface area contributed by atoms with Gasteiger partial charge in [-0.2, -0.15) is 8.78 Å². The molecule has 1 atom stereocenters. The first-order valence-electron chi connectivity index (χ1n) is 7.70. The molecular weight excluding hydrogens is 346 g/mol. The molecule has 0 aliphatic heterocycles. The van der Waals surface area contributed by atoms with Gasteiger partial charge in [0.25, 0.3) is 5.91 Å². The second-order valence-electron chi connectivity index (χ2n) is 5.29. The van der Waals surface area contributed by atoms with Crippen LogP contribution in [0.5, 0.6) is 11.5 Å². The number of methoxy groups -OCH3 is 1. The Morgan fingerprint density at radius 2 is 1.73 bits per heavy atom. The van der Waals surface area contributed by atoms with Crippen molar-refractivity contribution in [3.8, 4) is 11.5 Å². The molecular formula is C18H18F2N2O4. The van der Waals surface area contributed by atoms with Crippen molar-refractivity contribution in [1.82, 2.24) is 5.32 Å². The van der Waals surface area contributed by atoms with Crippen molar-refractivity contribution in [3.63, 3.8) is 0 Å². The molecule has 2 aromatic rings. The summed E-state index contributed by atoms with van der Waals surface area (Å²) in [4.78, 5) is 24.3. The number of carbonyl (C=O) groups is 2. The van der Waals surface area contributed by atoms with Crippen LogP contribution in [0.1, 0.15) is 17.3 Å². The van der Waals surface area contributed by atoms with E-state index >= 15 is 0 Å². The zero-order valence-electron chi connectivity index (χ0n) is 14.2. The smallest absolute Gasteiger partial charge is 0.387 e. The molecule has 2 N–H and O–H groups in total. The molecule has 2 rings (SSSR count). The quantitative estimate of drug-likeness (QED) is 0.792. The van der Waals surface area contributed by atoms with Crippen molar-refractivity contribution in [1.29, 1.82) is 0 Å². The molecule has 138 valence electrons. The van der Waals surface area contributed by atoms with E-state index in [2.05, 4.69) is 15.4 Å². The van der Waals surface area contributed by atoms with Gasteiger partial charge in [0.05, 0.1) is 7.11 Å². The van der Waals surface area contributed by atoms with Crippen LogP contribution in [-0.2, 0) is 4.79 Å². The van der Waals surface area contributed by atoms with Crippen molar-refractivity contribution >= 4 is 17.5 Å². The van der Waals surface area contributed by atoms with E-state index in [0.29, 0.717) is 5.56 Å². The summed E-state index contributed by atoms with van der Waals surface area (Å²) in [5.74, 6) is -1.01. The fraction of sp³-hybridized carbons (Fsp3) is 0.222. The molecule has 26 heavy (non-hydrogen) atoms. The van der Waals surface area contributed by atoms with Crippen molar-refractivity contribution < 1.29 is 27.8 Å². The Morgan fingerprint density at radius 3 is 2.35 bits per heavy atom. The number of hydrogen-bond acceptors (Lipinski definition) is 4. The Hall–Kier alpha value is -3.16. The monoisotopic (exact) mass is 364 g/mol. The van der Waals surface area contributed by atoms with Gasteiger partial charge in [0.1, 0.15) is 6.04 Å². The molecule has 0 aliphatic rings. The number of benzene rings is 2. The van der Waals surface area contributed by atoms with Crippen LogP contribution in [0.15, 0.2) is 48.5 Å². The third-order valence-electron chi connectivity index (χ3n) is 3.42. The average Bonchev–Trinajstić information content (AvgIpc) is 2.62. The van der Waals surface area contributed by atoms with Crippen molar-refractivity contribution in [2.24, 2.45) is 0 Å². The summed E-state index contributed by atoms with van der Waals surface area (Å²) >= 11 is 0. The van der Waals surface area contributed by atoms with E-state index in [-0.39, 0.29) is 17.2 Å². The fourth-order valence-electron chi connectivity index (χ4n) is 2.13. The van der Waals surface area contributed by atoms with E-state index in [1.165, 1.54) is 32.2 Å². The lowest BCUT2D eigenvalue weighted by atomic mass is 10.2. The SMILES string of the molecule is COc1ccc(NC(=O)[C@@H](C)NC(=O)c2ccccc2)cc1OC(F)F. The minimum Gasteiger partial charge on any atom is -0.493 e. The van der Waals surface area contributed by atoms with Gasteiger partial charge in [0.15, 0.2) is 11.5 Å². The normalized spacial score (nSPS) is 11.6. The molecule has 2 amide bonds. The number of halogens is 2. The predicted molar refractivity (Wildman–Crippen MR) is 91.6 cm³/mol. The molecule has 0 fully saturated rings. The number of alkyl halides is 2.